The van der Waals surface area contributed by atoms with Crippen molar-refractivity contribution >= 4 is 66.3 Å². The Labute approximate surface area is 82.7 Å². The van der Waals surface area contributed by atoms with Gasteiger partial charge in [-0.15, -0.1) is 12.4 Å². The van der Waals surface area contributed by atoms with Gasteiger partial charge < -0.3 is 0 Å². The van der Waals surface area contributed by atoms with Crippen molar-refractivity contribution in [1.82, 2.24) is 0 Å². The third-order valence-electron chi connectivity index (χ3n) is 0. The molecule has 0 spiro atoms. The molecule has 0 rings (SSSR count). The van der Waals surface area contributed by atoms with Gasteiger partial charge in [0, 0.05) is 12.4 Å². The zero-order chi connectivity index (χ0) is 4.71. The highest BCUT2D eigenvalue weighted by Gasteiger charge is 1.20. The summed E-state index contributed by atoms with van der Waals surface area (Å²) in [6.45, 7) is 0. The van der Waals surface area contributed by atoms with Crippen LogP contribution in [0.15, 0.2) is 2.58 Å². The zero-order valence-electron chi connectivity index (χ0n) is 2.06. The smallest absolute Gasteiger partial charge is 0.100 e. The van der Waals surface area contributed by atoms with Crippen molar-refractivity contribution in [2.75, 3.05) is 0 Å². The molecule has 48 valence electrons. The van der Waals surface area contributed by atoms with Crippen molar-refractivity contribution in [2.45, 2.75) is 14.9 Å². The lowest BCUT2D eigenvalue weighted by molar-refractivity contribution is 2.25. The van der Waals surface area contributed by atoms with Crippen LogP contribution in [0.1, 0.15) is 14.9 Å². The number of thiol groups is 1. The SMILES string of the molecule is C.C.S=NI.SI. The van der Waals surface area contributed by atoms with Crippen molar-refractivity contribution in [3.8, 4) is 0 Å². The van der Waals surface area contributed by atoms with Crippen LogP contribution in [0.4, 0.5) is 0 Å². The Morgan fingerprint density at radius 2 is 1.29 bits per heavy atom. The van der Waals surface area contributed by atoms with E-state index in [0.29, 0.717) is 0 Å². The maximum Gasteiger partial charge on any atom is 0.100 e. The molecule has 0 N–H and O–H groups in total. The molecule has 5 heteroatoms. The van der Waals surface area contributed by atoms with Gasteiger partial charge in [0.15, 0.2) is 0 Å². The molecule has 0 aromatic heterocycles. The lowest BCUT2D eigenvalue weighted by atomic mass is 12.0. The first-order chi connectivity index (χ1) is 2.41. The molecule has 0 bridgehead atoms. The van der Waals surface area contributed by atoms with E-state index < -0.39 is 0 Å². The lowest BCUT2D eigenvalue weighted by Gasteiger charge is -1.26. The summed E-state index contributed by atoms with van der Waals surface area (Å²) in [6, 6.07) is 0. The second-order valence-electron chi connectivity index (χ2n) is 0.0690. The van der Waals surface area contributed by atoms with Crippen molar-refractivity contribution in [3.05, 3.63) is 0 Å². The van der Waals surface area contributed by atoms with Gasteiger partial charge in [-0.05, 0) is 21.2 Å². The number of halogens is 2. The molecular weight excluding hydrogens is 356 g/mol. The molecule has 0 unspecified atom stereocenters. The fraction of sp³-hybridized carbons (Fsp3) is 1.00. The number of hydrogen-bond donors (Lipinski definition) is 1. The van der Waals surface area contributed by atoms with Gasteiger partial charge >= 0.3 is 0 Å². The highest BCUT2D eigenvalue weighted by molar-refractivity contribution is 14.2. The molecule has 7 heavy (non-hydrogen) atoms. The Balaban J connectivity index is -0.0000000105. The Morgan fingerprint density at radius 1 is 1.29 bits per heavy atom. The molecule has 0 aromatic carbocycles. The molecule has 0 heterocycles. The van der Waals surface area contributed by atoms with Crippen molar-refractivity contribution < 1.29 is 0 Å². The predicted octanol–water partition coefficient (Wildman–Crippen LogP) is 3.61. The van der Waals surface area contributed by atoms with E-state index in [0.717, 1.165) is 0 Å². The maximum atomic E-state index is 4.01. The molecule has 0 aliphatic rings. The van der Waals surface area contributed by atoms with E-state index in [4.69, 9.17) is 0 Å². The summed E-state index contributed by atoms with van der Waals surface area (Å²) in [5.74, 6) is 0. The van der Waals surface area contributed by atoms with Crippen LogP contribution in [0.5, 0.6) is 0 Å². The highest BCUT2D eigenvalue weighted by Crippen LogP contribution is 1.77. The van der Waals surface area contributed by atoms with Gasteiger partial charge in [-0.1, -0.05) is 14.9 Å². The highest BCUT2D eigenvalue weighted by atomic mass is 127. The standard InChI is InChI=1S/2CH4.INS.HIS/c;;1-2-3;1-2/h2*1H4;;2H. The van der Waals surface area contributed by atoms with E-state index in [2.05, 4.69) is 24.8 Å². The maximum absolute atomic E-state index is 4.01. The second kappa shape index (κ2) is 45.6. The number of hydrogen-bond acceptors (Lipinski definition) is 3. The van der Waals surface area contributed by atoms with Gasteiger partial charge in [-0.3, -0.25) is 0 Å². The summed E-state index contributed by atoms with van der Waals surface area (Å²) in [6.07, 6.45) is 0. The van der Waals surface area contributed by atoms with Crippen molar-refractivity contribution in [1.29, 1.82) is 0 Å². The monoisotopic (exact) mass is 365 g/mol. The first-order valence-electron chi connectivity index (χ1n) is 0.521. The summed E-state index contributed by atoms with van der Waals surface area (Å²) < 4.78 is 3.05. The van der Waals surface area contributed by atoms with Crippen LogP contribution in [0.3, 0.4) is 0 Å². The van der Waals surface area contributed by atoms with E-state index in [1.54, 1.807) is 22.9 Å². The summed E-state index contributed by atoms with van der Waals surface area (Å²) in [5, 5.41) is 0. The quantitative estimate of drug-likeness (QED) is 0.511. The normalized spacial score (nSPS) is 2.71. The minimum absolute atomic E-state index is 0. The molecule has 0 aliphatic carbocycles. The van der Waals surface area contributed by atoms with Crippen LogP contribution in [-0.2, 0) is 12.4 Å². The molecule has 0 aliphatic heterocycles. The summed E-state index contributed by atoms with van der Waals surface area (Å²) in [4.78, 5) is 0. The molecule has 0 aromatic rings. The molecule has 0 radical (unpaired) electrons. The van der Waals surface area contributed by atoms with Gasteiger partial charge in [0.25, 0.3) is 0 Å². The topological polar surface area (TPSA) is 12.4 Å². The molecule has 0 saturated carbocycles. The van der Waals surface area contributed by atoms with E-state index in [-0.39, 0.29) is 14.9 Å². The second-order valence-corrected chi connectivity index (χ2v) is 1.39. The van der Waals surface area contributed by atoms with Gasteiger partial charge in [-0.2, -0.15) is 0 Å². The molecular formula is C2H9I2NS2. The van der Waals surface area contributed by atoms with Crippen molar-refractivity contribution in [3.63, 3.8) is 0 Å². The van der Waals surface area contributed by atoms with E-state index in [1.165, 1.54) is 0 Å². The first-order valence-corrected chi connectivity index (χ1v) is 5.08. The summed E-state index contributed by atoms with van der Waals surface area (Å²) in [5.41, 5.74) is 0. The van der Waals surface area contributed by atoms with Gasteiger partial charge in [-0.25, -0.2) is 0 Å². The average Bonchev–Trinajstić information content (AvgIpc) is 1.46. The number of nitrogens with zero attached hydrogens (tertiary/aromatic N) is 1. The summed E-state index contributed by atoms with van der Waals surface area (Å²) in [7, 11) is 3.50. The van der Waals surface area contributed by atoms with Crippen molar-refractivity contribution in [2.24, 2.45) is 2.58 Å². The molecule has 1 nitrogen and oxygen atoms in total. The minimum atomic E-state index is 0. The largest absolute Gasteiger partial charge is 0.148 e. The van der Waals surface area contributed by atoms with E-state index in [1.807, 2.05) is 21.2 Å². The Hall–Kier alpha value is 1.83. The van der Waals surface area contributed by atoms with Gasteiger partial charge in [0.05, 0.1) is 0 Å². The van der Waals surface area contributed by atoms with Crippen LogP contribution in [0, 0.1) is 0 Å². The van der Waals surface area contributed by atoms with E-state index in [9.17, 15) is 0 Å². The van der Waals surface area contributed by atoms with Crippen LogP contribution in [0.25, 0.3) is 0 Å². The lowest BCUT2D eigenvalue weighted by Crippen LogP contribution is -0.917. The summed E-state index contributed by atoms with van der Waals surface area (Å²) >= 11 is 7.58. The van der Waals surface area contributed by atoms with Crippen LogP contribution >= 0.6 is 53.9 Å². The fourth-order valence-corrected chi connectivity index (χ4v) is 0. The number of rotatable bonds is 0. The third-order valence-corrected chi connectivity index (χ3v) is 0. The fourth-order valence-electron chi connectivity index (χ4n) is 0. The predicted molar refractivity (Wildman–Crippen MR) is 60.3 cm³/mol. The molecule has 0 atom stereocenters. The molecule has 0 fully saturated rings. The van der Waals surface area contributed by atoms with Crippen LogP contribution in [-0.4, -0.2) is 0 Å². The molecule has 0 amide bonds. The van der Waals surface area contributed by atoms with Crippen LogP contribution in [0.2, 0.25) is 0 Å². The Bertz CT molecular complexity index is 21.2. The van der Waals surface area contributed by atoms with Gasteiger partial charge in [0.1, 0.15) is 22.9 Å². The Morgan fingerprint density at radius 3 is 1.29 bits per heavy atom. The molecule has 0 saturated heterocycles. The first kappa shape index (κ1) is 23.2. The average molecular weight is 365 g/mol. The zero-order valence-corrected chi connectivity index (χ0v) is 8.08. The third kappa shape index (κ3) is 79.5. The Kier molecular flexibility index (Phi) is 151. The van der Waals surface area contributed by atoms with Crippen LogP contribution < -0.4 is 0 Å². The minimum Gasteiger partial charge on any atom is -0.148 e. The van der Waals surface area contributed by atoms with Gasteiger partial charge in [0.2, 0.25) is 0 Å². The van der Waals surface area contributed by atoms with E-state index >= 15 is 0 Å².